The first-order chi connectivity index (χ1) is 18.6. The van der Waals surface area contributed by atoms with Gasteiger partial charge in [0.2, 0.25) is 6.23 Å². The van der Waals surface area contributed by atoms with E-state index in [-0.39, 0.29) is 29.9 Å². The summed E-state index contributed by atoms with van der Waals surface area (Å²) in [6.45, 7) is 4.62. The van der Waals surface area contributed by atoms with Gasteiger partial charge in [-0.05, 0) is 31.4 Å². The number of hydrogen-bond acceptors (Lipinski definition) is 9. The van der Waals surface area contributed by atoms with Crippen molar-refractivity contribution in [2.75, 3.05) is 33.4 Å². The van der Waals surface area contributed by atoms with E-state index >= 15 is 0 Å². The van der Waals surface area contributed by atoms with Crippen LogP contribution in [0.1, 0.15) is 47.2 Å². The summed E-state index contributed by atoms with van der Waals surface area (Å²) in [5.41, 5.74) is 1.11. The summed E-state index contributed by atoms with van der Waals surface area (Å²) < 4.78 is 26.7. The molecule has 2 atom stereocenters. The van der Waals surface area contributed by atoms with E-state index in [9.17, 15) is 9.59 Å². The fraction of sp³-hybridized carbons (Fsp3) is 0.481. The second-order valence-corrected chi connectivity index (χ2v) is 10.8. The molecule has 6 rings (SSSR count). The van der Waals surface area contributed by atoms with Crippen LogP contribution < -0.4 is 26.6 Å². The molecule has 2 unspecified atom stereocenters. The molecule has 0 bridgehead atoms. The third-order valence-corrected chi connectivity index (χ3v) is 8.89. The standard InChI is InChI=1S/C27H32N4O6S/c1-16-22-25(32)31(17-13-28-14-17)27(33)30(26(22)38-23(16)24-29-9-12-36-24)15-21(37-18-7-10-35-11-8-18)19-5-3-4-6-20(19)34-2/h3-6,9,12,17-18,21,24,28-29H,7-8,10-11,13-15H2,1-2H3. The molecule has 2 saturated heterocycles. The zero-order valence-electron chi connectivity index (χ0n) is 21.5. The van der Waals surface area contributed by atoms with Gasteiger partial charge in [-0.2, -0.15) is 0 Å². The van der Waals surface area contributed by atoms with Gasteiger partial charge in [-0.1, -0.05) is 18.2 Å². The Hall–Kier alpha value is -3.12. The fourth-order valence-electron chi connectivity index (χ4n) is 5.35. The molecule has 10 nitrogen and oxygen atoms in total. The number of aromatic nitrogens is 2. The second kappa shape index (κ2) is 10.6. The van der Waals surface area contributed by atoms with Gasteiger partial charge < -0.3 is 29.6 Å². The summed E-state index contributed by atoms with van der Waals surface area (Å²) in [4.78, 5) is 29.3. The van der Waals surface area contributed by atoms with Crippen LogP contribution in [0.25, 0.3) is 10.2 Å². The highest BCUT2D eigenvalue weighted by Crippen LogP contribution is 2.37. The molecule has 0 radical (unpaired) electrons. The number of fused-ring (bicyclic) bond motifs is 1. The number of rotatable bonds is 8. The Balaban J connectivity index is 1.50. The van der Waals surface area contributed by atoms with Gasteiger partial charge in [0.15, 0.2) is 0 Å². The lowest BCUT2D eigenvalue weighted by atomic mass is 10.1. The van der Waals surface area contributed by atoms with Crippen molar-refractivity contribution in [1.82, 2.24) is 19.8 Å². The summed E-state index contributed by atoms with van der Waals surface area (Å²) in [5, 5.41) is 6.91. The van der Waals surface area contributed by atoms with E-state index < -0.39 is 12.3 Å². The Kier molecular flexibility index (Phi) is 7.00. The Morgan fingerprint density at radius 2 is 1.97 bits per heavy atom. The maximum absolute atomic E-state index is 14.0. The molecule has 0 saturated carbocycles. The van der Waals surface area contributed by atoms with Crippen molar-refractivity contribution < 1.29 is 18.9 Å². The van der Waals surface area contributed by atoms with Crippen LogP contribution in [0.15, 0.2) is 46.3 Å². The minimum Gasteiger partial charge on any atom is -0.496 e. The molecule has 5 heterocycles. The van der Waals surface area contributed by atoms with E-state index in [0.717, 1.165) is 28.8 Å². The summed E-state index contributed by atoms with van der Waals surface area (Å²) in [5.74, 6) is 0.697. The van der Waals surface area contributed by atoms with Gasteiger partial charge in [0.25, 0.3) is 5.56 Å². The molecule has 3 aromatic rings. The van der Waals surface area contributed by atoms with Gasteiger partial charge >= 0.3 is 5.69 Å². The predicted molar refractivity (Wildman–Crippen MR) is 144 cm³/mol. The van der Waals surface area contributed by atoms with Crippen LogP contribution in [-0.2, 0) is 20.8 Å². The van der Waals surface area contributed by atoms with Gasteiger partial charge in [-0.3, -0.25) is 13.9 Å². The quantitative estimate of drug-likeness (QED) is 0.450. The van der Waals surface area contributed by atoms with Gasteiger partial charge in [-0.25, -0.2) is 4.79 Å². The van der Waals surface area contributed by atoms with Crippen molar-refractivity contribution in [3.8, 4) is 5.75 Å². The van der Waals surface area contributed by atoms with Crippen molar-refractivity contribution in [1.29, 1.82) is 0 Å². The summed E-state index contributed by atoms with van der Waals surface area (Å²) in [6, 6.07) is 7.56. The molecule has 0 amide bonds. The average molecular weight is 541 g/mol. The molecule has 202 valence electrons. The first-order valence-electron chi connectivity index (χ1n) is 13.0. The lowest BCUT2D eigenvalue weighted by Gasteiger charge is -2.31. The van der Waals surface area contributed by atoms with Crippen LogP contribution in [0, 0.1) is 6.92 Å². The lowest BCUT2D eigenvalue weighted by molar-refractivity contribution is -0.0753. The van der Waals surface area contributed by atoms with Gasteiger partial charge in [0.05, 0.1) is 36.1 Å². The number of hydrogen-bond donors (Lipinski definition) is 2. The van der Waals surface area contributed by atoms with Crippen LogP contribution in [-0.4, -0.2) is 48.7 Å². The number of aryl methyl sites for hydroxylation is 1. The molecule has 0 spiro atoms. The Morgan fingerprint density at radius 1 is 1.18 bits per heavy atom. The molecule has 2 fully saturated rings. The van der Waals surface area contributed by atoms with Gasteiger partial charge in [0.1, 0.15) is 22.9 Å². The van der Waals surface area contributed by atoms with Crippen molar-refractivity contribution >= 4 is 21.6 Å². The Bertz CT molecular complexity index is 1460. The van der Waals surface area contributed by atoms with Crippen molar-refractivity contribution in [3.63, 3.8) is 0 Å². The average Bonchev–Trinajstić information content (AvgIpc) is 3.56. The van der Waals surface area contributed by atoms with E-state index in [1.807, 2.05) is 31.2 Å². The highest BCUT2D eigenvalue weighted by Gasteiger charge is 2.32. The zero-order chi connectivity index (χ0) is 26.2. The van der Waals surface area contributed by atoms with Crippen LogP contribution in [0.5, 0.6) is 5.75 Å². The molecule has 3 aliphatic rings. The summed E-state index contributed by atoms with van der Waals surface area (Å²) in [6.07, 6.45) is 4.03. The van der Waals surface area contributed by atoms with Crippen LogP contribution >= 0.6 is 11.3 Å². The lowest BCUT2D eigenvalue weighted by Crippen LogP contribution is -2.53. The number of nitrogens with zero attached hydrogens (tertiary/aromatic N) is 2. The number of ether oxygens (including phenoxy) is 4. The maximum atomic E-state index is 14.0. The van der Waals surface area contributed by atoms with Gasteiger partial charge in [-0.15, -0.1) is 11.3 Å². The fourth-order valence-corrected chi connectivity index (χ4v) is 6.65. The molecule has 2 aromatic heterocycles. The SMILES string of the molecule is COc1ccccc1C(Cn1c(=O)n(C2CNC2)c(=O)c2c(C)c(C3NC=CO3)sc21)OC1CCOCC1. The third-order valence-electron chi connectivity index (χ3n) is 7.53. The maximum Gasteiger partial charge on any atom is 0.332 e. The van der Waals surface area contributed by atoms with E-state index in [1.165, 1.54) is 15.9 Å². The second-order valence-electron chi connectivity index (χ2n) is 9.82. The number of nitrogens with one attached hydrogen (secondary N) is 2. The molecule has 11 heteroatoms. The highest BCUT2D eigenvalue weighted by molar-refractivity contribution is 7.19. The van der Waals surface area contributed by atoms with Crippen molar-refractivity contribution in [3.05, 3.63) is 73.6 Å². The number of benzene rings is 1. The Labute approximate surface area is 223 Å². The van der Waals surface area contributed by atoms with E-state index in [1.54, 1.807) is 24.1 Å². The van der Waals surface area contributed by atoms with Gasteiger partial charge in [0, 0.05) is 38.1 Å². The number of para-hydroxylation sites is 1. The van der Waals surface area contributed by atoms with Crippen molar-refractivity contribution in [2.24, 2.45) is 0 Å². The van der Waals surface area contributed by atoms with Crippen LogP contribution in [0.2, 0.25) is 0 Å². The summed E-state index contributed by atoms with van der Waals surface area (Å²) in [7, 11) is 1.63. The minimum atomic E-state index is -0.464. The first-order valence-corrected chi connectivity index (χ1v) is 13.8. The van der Waals surface area contributed by atoms with E-state index in [2.05, 4.69) is 10.6 Å². The smallest absolute Gasteiger partial charge is 0.332 e. The first kappa shape index (κ1) is 25.2. The monoisotopic (exact) mass is 540 g/mol. The minimum absolute atomic E-state index is 0.00520. The Morgan fingerprint density at radius 3 is 2.66 bits per heavy atom. The number of methoxy groups -OCH3 is 1. The molecule has 1 aromatic carbocycles. The molecule has 38 heavy (non-hydrogen) atoms. The highest BCUT2D eigenvalue weighted by atomic mass is 32.1. The number of thiophene rings is 1. The largest absolute Gasteiger partial charge is 0.496 e. The summed E-state index contributed by atoms with van der Waals surface area (Å²) >= 11 is 1.42. The third kappa shape index (κ3) is 4.43. The van der Waals surface area contributed by atoms with Crippen molar-refractivity contribution in [2.45, 2.75) is 50.8 Å². The molecule has 0 aliphatic carbocycles. The van der Waals surface area contributed by atoms with Crippen LogP contribution in [0.3, 0.4) is 0 Å². The topological polar surface area (TPSA) is 105 Å². The molecule has 3 aliphatic heterocycles. The molecular formula is C27H32N4O6S. The predicted octanol–water partition coefficient (Wildman–Crippen LogP) is 2.71. The normalized spacial score (nSPS) is 20.7. The zero-order valence-corrected chi connectivity index (χ0v) is 22.3. The van der Waals surface area contributed by atoms with E-state index in [4.69, 9.17) is 18.9 Å². The van der Waals surface area contributed by atoms with Crippen LogP contribution in [0.4, 0.5) is 0 Å². The van der Waals surface area contributed by atoms with E-state index in [0.29, 0.717) is 42.3 Å². The molecule has 2 N–H and O–H groups in total. The molecular weight excluding hydrogens is 508 g/mol.